The van der Waals surface area contributed by atoms with Crippen LogP contribution in [-0.2, 0) is 9.59 Å². The molecule has 0 aromatic rings. The number of carbonyl (C=O) groups excluding carboxylic acids is 2. The first-order valence-electron chi connectivity index (χ1n) is 6.41. The van der Waals surface area contributed by atoms with Gasteiger partial charge in [-0.2, -0.15) is 0 Å². The Hall–Kier alpha value is -1.10. The van der Waals surface area contributed by atoms with Gasteiger partial charge in [-0.15, -0.1) is 0 Å². The van der Waals surface area contributed by atoms with Crippen molar-refractivity contribution in [2.24, 2.45) is 5.73 Å². The average Bonchev–Trinajstić information content (AvgIpc) is 2.54. The van der Waals surface area contributed by atoms with Gasteiger partial charge < -0.3 is 11.1 Å². The first kappa shape index (κ1) is 14.0. The Balaban J connectivity index is 2.21. The molecule has 5 nitrogen and oxygen atoms in total. The zero-order valence-electron chi connectivity index (χ0n) is 10.5. The third kappa shape index (κ3) is 5.68. The molecule has 17 heavy (non-hydrogen) atoms. The molecule has 5 heteroatoms. The van der Waals surface area contributed by atoms with Gasteiger partial charge in [0, 0.05) is 6.04 Å². The van der Waals surface area contributed by atoms with Gasteiger partial charge in [-0.25, -0.2) is 0 Å². The minimum atomic E-state index is -0.463. The summed E-state index contributed by atoms with van der Waals surface area (Å²) in [5.74, 6) is -0.489. The highest BCUT2D eigenvalue weighted by atomic mass is 16.2. The molecule has 0 radical (unpaired) electrons. The topological polar surface area (TPSA) is 84.2 Å². The number of hydrogen-bond acceptors (Lipinski definition) is 3. The van der Waals surface area contributed by atoms with Crippen molar-refractivity contribution in [3.63, 3.8) is 0 Å². The predicted molar refractivity (Wildman–Crippen MR) is 66.3 cm³/mol. The number of nitrogens with two attached hydrogens (primary N) is 1. The molecule has 2 amide bonds. The maximum atomic E-state index is 11.6. The highest BCUT2D eigenvalue weighted by Crippen LogP contribution is 2.16. The number of primary amides is 1. The van der Waals surface area contributed by atoms with Crippen LogP contribution in [0.4, 0.5) is 0 Å². The number of rotatable bonds is 5. The van der Waals surface area contributed by atoms with E-state index < -0.39 is 11.9 Å². The number of amides is 2. The van der Waals surface area contributed by atoms with E-state index in [-0.39, 0.29) is 12.5 Å². The molecule has 1 aliphatic carbocycles. The first-order chi connectivity index (χ1) is 8.09. The highest BCUT2D eigenvalue weighted by Gasteiger charge is 2.15. The van der Waals surface area contributed by atoms with Crippen molar-refractivity contribution >= 4 is 11.8 Å². The fourth-order valence-electron chi connectivity index (χ4n) is 2.05. The van der Waals surface area contributed by atoms with Gasteiger partial charge in [0.25, 0.3) is 0 Å². The highest BCUT2D eigenvalue weighted by molar-refractivity contribution is 5.82. The van der Waals surface area contributed by atoms with Crippen LogP contribution >= 0.6 is 0 Å². The largest absolute Gasteiger partial charge is 0.368 e. The van der Waals surface area contributed by atoms with E-state index in [1.54, 1.807) is 6.92 Å². The van der Waals surface area contributed by atoms with Gasteiger partial charge in [0.05, 0.1) is 12.6 Å². The van der Waals surface area contributed by atoms with Gasteiger partial charge >= 0.3 is 0 Å². The maximum Gasteiger partial charge on any atom is 0.234 e. The summed E-state index contributed by atoms with van der Waals surface area (Å²) in [6, 6.07) is -0.162. The molecule has 0 bridgehead atoms. The molecule has 0 aromatic heterocycles. The molecular formula is C12H23N3O2. The van der Waals surface area contributed by atoms with Gasteiger partial charge in [-0.1, -0.05) is 25.7 Å². The smallest absolute Gasteiger partial charge is 0.234 e. The van der Waals surface area contributed by atoms with Gasteiger partial charge in [-0.3, -0.25) is 14.9 Å². The van der Waals surface area contributed by atoms with Crippen LogP contribution in [0.15, 0.2) is 0 Å². The lowest BCUT2D eigenvalue weighted by molar-refractivity contribution is -0.122. The normalized spacial score (nSPS) is 19.4. The van der Waals surface area contributed by atoms with E-state index in [4.69, 9.17) is 5.73 Å². The van der Waals surface area contributed by atoms with E-state index in [2.05, 4.69) is 10.6 Å². The number of nitrogens with one attached hydrogen (secondary N) is 2. The van der Waals surface area contributed by atoms with E-state index >= 15 is 0 Å². The number of hydrogen-bond donors (Lipinski definition) is 3. The van der Waals surface area contributed by atoms with E-state index in [9.17, 15) is 9.59 Å². The molecule has 1 fully saturated rings. The monoisotopic (exact) mass is 241 g/mol. The summed E-state index contributed by atoms with van der Waals surface area (Å²) in [6.07, 6.45) is 7.05. The van der Waals surface area contributed by atoms with Crippen molar-refractivity contribution in [1.29, 1.82) is 0 Å². The first-order valence-corrected chi connectivity index (χ1v) is 6.41. The second-order valence-corrected chi connectivity index (χ2v) is 4.76. The van der Waals surface area contributed by atoms with Crippen LogP contribution in [0.3, 0.4) is 0 Å². The summed E-state index contributed by atoms with van der Waals surface area (Å²) in [4.78, 5) is 22.4. The molecule has 0 spiro atoms. The maximum absolute atomic E-state index is 11.6. The summed E-state index contributed by atoms with van der Waals surface area (Å²) in [5.41, 5.74) is 5.09. The van der Waals surface area contributed by atoms with Crippen molar-refractivity contribution in [1.82, 2.24) is 10.6 Å². The lowest BCUT2D eigenvalue weighted by atomic mass is 10.1. The zero-order chi connectivity index (χ0) is 12.7. The van der Waals surface area contributed by atoms with Crippen molar-refractivity contribution in [2.75, 3.05) is 6.54 Å². The summed E-state index contributed by atoms with van der Waals surface area (Å²) < 4.78 is 0. The molecule has 1 unspecified atom stereocenters. The van der Waals surface area contributed by atoms with Crippen LogP contribution in [0.5, 0.6) is 0 Å². The molecule has 1 saturated carbocycles. The van der Waals surface area contributed by atoms with Crippen molar-refractivity contribution in [2.45, 2.75) is 57.5 Å². The minimum absolute atomic E-state index is 0.0509. The summed E-state index contributed by atoms with van der Waals surface area (Å²) in [5, 5.41) is 5.80. The van der Waals surface area contributed by atoms with Crippen LogP contribution in [-0.4, -0.2) is 30.4 Å². The van der Waals surface area contributed by atoms with Gasteiger partial charge in [0.1, 0.15) is 0 Å². The zero-order valence-corrected chi connectivity index (χ0v) is 10.5. The van der Waals surface area contributed by atoms with E-state index in [1.165, 1.54) is 25.7 Å². The van der Waals surface area contributed by atoms with E-state index in [1.807, 2.05) is 0 Å². The van der Waals surface area contributed by atoms with Crippen molar-refractivity contribution in [3.05, 3.63) is 0 Å². The Labute approximate surface area is 103 Å². The van der Waals surface area contributed by atoms with Crippen LogP contribution in [0.1, 0.15) is 45.4 Å². The molecule has 98 valence electrons. The lowest BCUT2D eigenvalue weighted by Gasteiger charge is -2.17. The Morgan fingerprint density at radius 1 is 1.24 bits per heavy atom. The number of carbonyl (C=O) groups is 2. The molecule has 0 aliphatic heterocycles. The summed E-state index contributed by atoms with van der Waals surface area (Å²) in [6.45, 7) is 1.81. The van der Waals surface area contributed by atoms with E-state index in [0.717, 1.165) is 12.8 Å². The van der Waals surface area contributed by atoms with E-state index in [0.29, 0.717) is 6.04 Å². The third-order valence-electron chi connectivity index (χ3n) is 3.22. The molecule has 4 N–H and O–H groups in total. The van der Waals surface area contributed by atoms with Crippen LogP contribution in [0, 0.1) is 0 Å². The molecule has 1 rings (SSSR count). The van der Waals surface area contributed by atoms with Gasteiger partial charge in [0.2, 0.25) is 11.8 Å². The second-order valence-electron chi connectivity index (χ2n) is 4.76. The predicted octanol–water partition coefficient (Wildman–Crippen LogP) is 0.289. The standard InChI is InChI=1S/C12H23N3O2/c1-9(12(13)17)14-8-11(16)15-10-6-4-2-3-5-7-10/h9-10,14H,2-8H2,1H3,(H2,13,17)(H,15,16). The molecular weight excluding hydrogens is 218 g/mol. The summed E-state index contributed by atoms with van der Waals surface area (Å²) >= 11 is 0. The molecule has 0 saturated heterocycles. The van der Waals surface area contributed by atoms with Gasteiger partial charge in [0.15, 0.2) is 0 Å². The Bertz CT molecular complexity index is 260. The van der Waals surface area contributed by atoms with Crippen LogP contribution in [0.25, 0.3) is 0 Å². The molecule has 1 atom stereocenters. The Morgan fingerprint density at radius 3 is 2.35 bits per heavy atom. The Morgan fingerprint density at radius 2 is 1.82 bits per heavy atom. The second kappa shape index (κ2) is 7.27. The lowest BCUT2D eigenvalue weighted by Crippen LogP contribution is -2.46. The molecule has 1 aliphatic rings. The average molecular weight is 241 g/mol. The third-order valence-corrected chi connectivity index (χ3v) is 3.22. The fraction of sp³-hybridized carbons (Fsp3) is 0.833. The minimum Gasteiger partial charge on any atom is -0.368 e. The van der Waals surface area contributed by atoms with Crippen LogP contribution < -0.4 is 16.4 Å². The van der Waals surface area contributed by atoms with Crippen LogP contribution in [0.2, 0.25) is 0 Å². The summed E-state index contributed by atoms with van der Waals surface area (Å²) in [7, 11) is 0. The quantitative estimate of drug-likeness (QED) is 0.605. The van der Waals surface area contributed by atoms with Gasteiger partial charge in [-0.05, 0) is 19.8 Å². The van der Waals surface area contributed by atoms with Crippen molar-refractivity contribution < 1.29 is 9.59 Å². The Kier molecular flexibility index (Phi) is 5.97. The SMILES string of the molecule is CC(NCC(=O)NC1CCCCCC1)C(N)=O. The van der Waals surface area contributed by atoms with Crippen molar-refractivity contribution in [3.8, 4) is 0 Å². The molecule has 0 aromatic carbocycles. The molecule has 0 heterocycles. The fourth-order valence-corrected chi connectivity index (χ4v) is 2.05.